The average Bonchev–Trinajstić information content (AvgIpc) is 2.90. The fraction of sp³-hybridized carbons (Fsp3) is 0.125. The molecule has 2 aromatic carbocycles. The van der Waals surface area contributed by atoms with E-state index in [1.54, 1.807) is 7.11 Å². The highest BCUT2D eigenvalue weighted by Crippen LogP contribution is 2.27. The van der Waals surface area contributed by atoms with Gasteiger partial charge < -0.3 is 4.74 Å². The minimum absolute atomic E-state index is 0.566. The topological polar surface area (TPSA) is 42.8 Å². The summed E-state index contributed by atoms with van der Waals surface area (Å²) < 4.78 is 7.87. The summed E-state index contributed by atoms with van der Waals surface area (Å²) in [5.41, 5.74) is 3.01. The predicted molar refractivity (Wildman–Crippen MR) is 85.5 cm³/mol. The molecular formula is C16H15N3OS. The summed E-state index contributed by atoms with van der Waals surface area (Å²) in [4.78, 5) is 0. The van der Waals surface area contributed by atoms with Gasteiger partial charge in [0.1, 0.15) is 5.75 Å². The first-order valence-corrected chi connectivity index (χ1v) is 6.99. The number of nitrogens with zero attached hydrogens (tertiary/aromatic N) is 2. The lowest BCUT2D eigenvalue weighted by Gasteiger charge is -2.09. The zero-order valence-electron chi connectivity index (χ0n) is 11.8. The monoisotopic (exact) mass is 297 g/mol. The van der Waals surface area contributed by atoms with Crippen LogP contribution in [0.4, 0.5) is 0 Å². The molecule has 0 saturated heterocycles. The van der Waals surface area contributed by atoms with E-state index in [0.717, 1.165) is 28.4 Å². The molecule has 0 aliphatic heterocycles. The third kappa shape index (κ3) is 2.48. The molecule has 0 spiro atoms. The zero-order chi connectivity index (χ0) is 14.8. The van der Waals surface area contributed by atoms with Gasteiger partial charge in [-0.05, 0) is 42.9 Å². The molecule has 3 aromatic rings. The number of aromatic nitrogens is 3. The van der Waals surface area contributed by atoms with Crippen molar-refractivity contribution in [3.8, 4) is 22.8 Å². The fourth-order valence-electron chi connectivity index (χ4n) is 2.27. The Labute approximate surface area is 128 Å². The van der Waals surface area contributed by atoms with Gasteiger partial charge in [-0.2, -0.15) is 5.10 Å². The lowest BCUT2D eigenvalue weighted by molar-refractivity contribution is 0.412. The Morgan fingerprint density at radius 3 is 2.62 bits per heavy atom. The molecule has 5 heteroatoms. The van der Waals surface area contributed by atoms with Crippen LogP contribution in [0.25, 0.3) is 17.1 Å². The van der Waals surface area contributed by atoms with Crippen LogP contribution in [-0.4, -0.2) is 21.9 Å². The molecule has 0 fully saturated rings. The average molecular weight is 297 g/mol. The Morgan fingerprint density at radius 1 is 1.14 bits per heavy atom. The van der Waals surface area contributed by atoms with Gasteiger partial charge in [-0.1, -0.05) is 30.3 Å². The van der Waals surface area contributed by atoms with Gasteiger partial charge in [-0.15, -0.1) is 0 Å². The lowest BCUT2D eigenvalue weighted by Crippen LogP contribution is -1.98. The van der Waals surface area contributed by atoms with E-state index in [1.165, 1.54) is 0 Å². The molecule has 1 N–H and O–H groups in total. The van der Waals surface area contributed by atoms with E-state index in [4.69, 9.17) is 17.0 Å². The Hall–Kier alpha value is -2.40. The maximum absolute atomic E-state index is 5.39. The number of benzene rings is 2. The molecule has 0 bridgehead atoms. The van der Waals surface area contributed by atoms with E-state index < -0.39 is 0 Å². The Morgan fingerprint density at radius 2 is 1.90 bits per heavy atom. The van der Waals surface area contributed by atoms with Crippen LogP contribution in [0.1, 0.15) is 5.56 Å². The van der Waals surface area contributed by atoms with Crippen LogP contribution in [0.2, 0.25) is 0 Å². The molecule has 0 aliphatic carbocycles. The van der Waals surface area contributed by atoms with Crippen LogP contribution in [0.15, 0.2) is 48.5 Å². The van der Waals surface area contributed by atoms with Crippen LogP contribution in [0, 0.1) is 11.7 Å². The van der Waals surface area contributed by atoms with Crippen molar-refractivity contribution in [3.05, 3.63) is 58.9 Å². The number of methoxy groups -OCH3 is 1. The second kappa shape index (κ2) is 5.54. The number of aromatic amines is 1. The molecule has 0 saturated carbocycles. The van der Waals surface area contributed by atoms with Gasteiger partial charge in [0.05, 0.1) is 7.11 Å². The number of para-hydroxylation sites is 1. The molecule has 1 heterocycles. The number of hydrogen-bond donors (Lipinski definition) is 1. The van der Waals surface area contributed by atoms with Gasteiger partial charge in [-0.25, -0.2) is 0 Å². The maximum atomic E-state index is 5.39. The van der Waals surface area contributed by atoms with E-state index in [1.807, 2.05) is 60.0 Å². The summed E-state index contributed by atoms with van der Waals surface area (Å²) in [5, 5.41) is 7.22. The second-order valence-corrected chi connectivity index (χ2v) is 5.09. The van der Waals surface area contributed by atoms with Crippen LogP contribution in [-0.2, 0) is 0 Å². The van der Waals surface area contributed by atoms with Crippen molar-refractivity contribution in [3.63, 3.8) is 0 Å². The Bertz CT molecular complexity index is 821. The SMILES string of the molecule is COc1cc(-c2n[nH]c(=S)n2-c2ccccc2)ccc1C. The maximum Gasteiger partial charge on any atom is 0.200 e. The van der Waals surface area contributed by atoms with E-state index in [9.17, 15) is 0 Å². The first-order chi connectivity index (χ1) is 10.2. The van der Waals surface area contributed by atoms with Crippen LogP contribution >= 0.6 is 12.2 Å². The molecule has 0 aliphatic rings. The molecular weight excluding hydrogens is 282 g/mol. The predicted octanol–water partition coefficient (Wildman–Crippen LogP) is 3.91. The zero-order valence-corrected chi connectivity index (χ0v) is 12.6. The highest BCUT2D eigenvalue weighted by Gasteiger charge is 2.12. The van der Waals surface area contributed by atoms with Gasteiger partial charge in [0.2, 0.25) is 0 Å². The second-order valence-electron chi connectivity index (χ2n) is 4.71. The standard InChI is InChI=1S/C16H15N3OS/c1-11-8-9-12(10-14(11)20-2)15-17-18-16(21)19(15)13-6-4-3-5-7-13/h3-10H,1-2H3,(H,18,21). The minimum Gasteiger partial charge on any atom is -0.496 e. The molecule has 21 heavy (non-hydrogen) atoms. The largest absolute Gasteiger partial charge is 0.496 e. The van der Waals surface area contributed by atoms with Crippen LogP contribution in [0.5, 0.6) is 5.75 Å². The molecule has 0 amide bonds. The van der Waals surface area contributed by atoms with Crippen LogP contribution < -0.4 is 4.74 Å². The van der Waals surface area contributed by atoms with E-state index in [2.05, 4.69) is 10.2 Å². The first-order valence-electron chi connectivity index (χ1n) is 6.58. The third-order valence-electron chi connectivity index (χ3n) is 3.35. The van der Waals surface area contributed by atoms with Gasteiger partial charge in [-0.3, -0.25) is 9.67 Å². The summed E-state index contributed by atoms with van der Waals surface area (Å²) in [6, 6.07) is 15.9. The molecule has 0 unspecified atom stereocenters. The van der Waals surface area contributed by atoms with Gasteiger partial charge in [0.25, 0.3) is 0 Å². The smallest absolute Gasteiger partial charge is 0.200 e. The Balaban J connectivity index is 2.19. The van der Waals surface area contributed by atoms with Gasteiger partial charge in [0.15, 0.2) is 10.6 Å². The fourth-order valence-corrected chi connectivity index (χ4v) is 2.50. The number of H-pyrrole nitrogens is 1. The number of rotatable bonds is 3. The summed E-state index contributed by atoms with van der Waals surface area (Å²) in [7, 11) is 1.67. The highest BCUT2D eigenvalue weighted by molar-refractivity contribution is 7.71. The van der Waals surface area contributed by atoms with Crippen molar-refractivity contribution >= 4 is 12.2 Å². The number of aryl methyl sites for hydroxylation is 1. The van der Waals surface area contributed by atoms with Crippen molar-refractivity contribution in [2.24, 2.45) is 0 Å². The molecule has 0 radical (unpaired) electrons. The summed E-state index contributed by atoms with van der Waals surface area (Å²) in [5.74, 6) is 1.60. The van der Waals surface area contributed by atoms with Crippen LogP contribution in [0.3, 0.4) is 0 Å². The van der Waals surface area contributed by atoms with Crippen molar-refractivity contribution in [1.29, 1.82) is 0 Å². The molecule has 3 rings (SSSR count). The van der Waals surface area contributed by atoms with Crippen molar-refractivity contribution in [2.45, 2.75) is 6.92 Å². The molecule has 4 nitrogen and oxygen atoms in total. The minimum atomic E-state index is 0.566. The van der Waals surface area contributed by atoms with Crippen molar-refractivity contribution in [2.75, 3.05) is 7.11 Å². The number of hydrogen-bond acceptors (Lipinski definition) is 3. The van der Waals surface area contributed by atoms with Crippen molar-refractivity contribution in [1.82, 2.24) is 14.8 Å². The quantitative estimate of drug-likeness (QED) is 0.745. The third-order valence-corrected chi connectivity index (χ3v) is 3.63. The number of nitrogens with one attached hydrogen (secondary N) is 1. The molecule has 1 aromatic heterocycles. The number of ether oxygens (including phenoxy) is 1. The van der Waals surface area contributed by atoms with Gasteiger partial charge >= 0.3 is 0 Å². The summed E-state index contributed by atoms with van der Waals surface area (Å²) in [6.07, 6.45) is 0. The highest BCUT2D eigenvalue weighted by atomic mass is 32.1. The first kappa shape index (κ1) is 13.6. The molecule has 106 valence electrons. The normalized spacial score (nSPS) is 10.6. The van der Waals surface area contributed by atoms with E-state index >= 15 is 0 Å². The van der Waals surface area contributed by atoms with Gasteiger partial charge in [0, 0.05) is 11.3 Å². The van der Waals surface area contributed by atoms with E-state index in [0.29, 0.717) is 4.77 Å². The summed E-state index contributed by atoms with van der Waals surface area (Å²) in [6.45, 7) is 2.01. The Kier molecular flexibility index (Phi) is 3.58. The van der Waals surface area contributed by atoms with E-state index in [-0.39, 0.29) is 0 Å². The lowest BCUT2D eigenvalue weighted by atomic mass is 10.1. The molecule has 0 atom stereocenters. The summed E-state index contributed by atoms with van der Waals surface area (Å²) >= 11 is 5.36. The van der Waals surface area contributed by atoms with Crippen molar-refractivity contribution < 1.29 is 4.74 Å².